The Labute approximate surface area is 233 Å². The molecule has 0 aromatic heterocycles. The third-order valence-corrected chi connectivity index (χ3v) is 6.09. The minimum Gasteiger partial charge on any atom is -0.457 e. The van der Waals surface area contributed by atoms with Gasteiger partial charge in [-0.15, -0.1) is 0 Å². The largest absolute Gasteiger partial charge is 0.457 e. The van der Waals surface area contributed by atoms with E-state index in [-0.39, 0.29) is 0 Å². The van der Waals surface area contributed by atoms with E-state index in [2.05, 4.69) is 12.1 Å². The maximum atomic E-state index is 9.81. The van der Waals surface area contributed by atoms with Crippen LogP contribution in [0.25, 0.3) is 23.3 Å². The van der Waals surface area contributed by atoms with Crippen molar-refractivity contribution in [2.45, 2.75) is 0 Å². The van der Waals surface area contributed by atoms with Crippen LogP contribution in [0.3, 0.4) is 0 Å². The molecule has 0 amide bonds. The Kier molecular flexibility index (Phi) is 8.13. The van der Waals surface area contributed by atoms with Gasteiger partial charge in [0.2, 0.25) is 0 Å². The Bertz CT molecular complexity index is 1570. The molecule has 0 atom stereocenters. The van der Waals surface area contributed by atoms with E-state index in [0.717, 1.165) is 45.3 Å². The molecule has 4 nitrogen and oxygen atoms in total. The van der Waals surface area contributed by atoms with Crippen LogP contribution in [0.4, 0.5) is 0 Å². The number of hydrogen-bond donors (Lipinski definition) is 0. The van der Waals surface area contributed by atoms with Gasteiger partial charge in [-0.05, 0) is 82.9 Å². The molecule has 0 aliphatic carbocycles. The van der Waals surface area contributed by atoms with Crippen LogP contribution in [0, 0.1) is 22.7 Å². The van der Waals surface area contributed by atoms with Gasteiger partial charge in [0.05, 0.1) is 23.3 Å². The Morgan fingerprint density at radius 1 is 0.425 bits per heavy atom. The third-order valence-electron chi connectivity index (χ3n) is 6.09. The number of hydrogen-bond acceptors (Lipinski definition) is 4. The smallest absolute Gasteiger partial charge is 0.127 e. The number of nitrogens with zero attached hydrogens (tertiary/aromatic N) is 2. The van der Waals surface area contributed by atoms with E-state index in [4.69, 9.17) is 9.47 Å². The molecule has 4 heteroatoms. The second kappa shape index (κ2) is 12.6. The Hall–Kier alpha value is -5.84. The average Bonchev–Trinajstić information content (AvgIpc) is 3.01. The summed E-state index contributed by atoms with van der Waals surface area (Å²) in [5.74, 6) is 2.98. The normalized spacial score (nSPS) is 11.2. The van der Waals surface area contributed by atoms with Crippen LogP contribution in [0.1, 0.15) is 22.3 Å². The summed E-state index contributed by atoms with van der Waals surface area (Å²) in [6.45, 7) is 0. The first-order chi connectivity index (χ1) is 19.7. The summed E-state index contributed by atoms with van der Waals surface area (Å²) in [6.07, 6.45) is 3.67. The average molecular weight is 517 g/mol. The lowest BCUT2D eigenvalue weighted by Crippen LogP contribution is -1.87. The Morgan fingerprint density at radius 2 is 0.750 bits per heavy atom. The molecular weight excluding hydrogens is 492 g/mol. The summed E-state index contributed by atoms with van der Waals surface area (Å²) < 4.78 is 11.7. The lowest BCUT2D eigenvalue weighted by atomic mass is 9.99. The van der Waals surface area contributed by atoms with E-state index < -0.39 is 0 Å². The summed E-state index contributed by atoms with van der Waals surface area (Å²) in [6, 6.07) is 46.3. The highest BCUT2D eigenvalue weighted by Crippen LogP contribution is 2.26. The van der Waals surface area contributed by atoms with Crippen molar-refractivity contribution in [2.75, 3.05) is 0 Å². The molecule has 0 radical (unpaired) electrons. The van der Waals surface area contributed by atoms with E-state index in [0.29, 0.717) is 11.1 Å². The van der Waals surface area contributed by atoms with Gasteiger partial charge >= 0.3 is 0 Å². The zero-order chi connectivity index (χ0) is 27.6. The maximum absolute atomic E-state index is 9.81. The quantitative estimate of drug-likeness (QED) is 0.152. The van der Waals surface area contributed by atoms with Crippen molar-refractivity contribution in [3.63, 3.8) is 0 Å². The summed E-state index contributed by atoms with van der Waals surface area (Å²) in [7, 11) is 0. The van der Waals surface area contributed by atoms with Crippen LogP contribution in [0.5, 0.6) is 23.0 Å². The van der Waals surface area contributed by atoms with Gasteiger partial charge in [0.25, 0.3) is 0 Å². The molecule has 0 N–H and O–H groups in total. The van der Waals surface area contributed by atoms with E-state index in [9.17, 15) is 10.5 Å². The summed E-state index contributed by atoms with van der Waals surface area (Å²) in [4.78, 5) is 0. The first-order valence-corrected chi connectivity index (χ1v) is 12.7. The van der Waals surface area contributed by atoms with Crippen molar-refractivity contribution in [3.05, 3.63) is 156 Å². The van der Waals surface area contributed by atoms with Crippen LogP contribution in [-0.4, -0.2) is 0 Å². The minimum absolute atomic E-state index is 0.528. The van der Waals surface area contributed by atoms with Gasteiger partial charge in [-0.2, -0.15) is 10.5 Å². The van der Waals surface area contributed by atoms with E-state index >= 15 is 0 Å². The monoisotopic (exact) mass is 516 g/mol. The first kappa shape index (κ1) is 25.8. The molecule has 0 saturated heterocycles. The van der Waals surface area contributed by atoms with Crippen molar-refractivity contribution in [3.8, 4) is 35.1 Å². The molecule has 5 rings (SSSR count). The molecule has 5 aromatic rings. The first-order valence-electron chi connectivity index (χ1n) is 12.7. The fourth-order valence-corrected chi connectivity index (χ4v) is 4.04. The number of allylic oxidation sites excluding steroid dienone is 2. The van der Waals surface area contributed by atoms with Crippen LogP contribution in [-0.2, 0) is 0 Å². The molecule has 0 saturated carbocycles. The van der Waals surface area contributed by atoms with Crippen molar-refractivity contribution >= 4 is 23.3 Å². The van der Waals surface area contributed by atoms with Gasteiger partial charge in [0.1, 0.15) is 23.0 Å². The second-order valence-corrected chi connectivity index (χ2v) is 8.89. The van der Waals surface area contributed by atoms with Gasteiger partial charge in [-0.3, -0.25) is 0 Å². The van der Waals surface area contributed by atoms with Crippen LogP contribution in [0.2, 0.25) is 0 Å². The van der Waals surface area contributed by atoms with Crippen molar-refractivity contribution in [1.29, 1.82) is 10.5 Å². The van der Waals surface area contributed by atoms with Crippen molar-refractivity contribution < 1.29 is 9.47 Å². The van der Waals surface area contributed by atoms with Gasteiger partial charge in [-0.25, -0.2) is 0 Å². The van der Waals surface area contributed by atoms with E-state index in [1.807, 2.05) is 146 Å². The fraction of sp³-hybridized carbons (Fsp3) is 0. The van der Waals surface area contributed by atoms with Crippen LogP contribution in [0.15, 0.2) is 133 Å². The molecule has 0 spiro atoms. The molecule has 0 unspecified atom stereocenters. The number of ether oxygens (including phenoxy) is 2. The molecule has 0 aliphatic rings. The molecule has 0 fully saturated rings. The van der Waals surface area contributed by atoms with Gasteiger partial charge in [0, 0.05) is 0 Å². The van der Waals surface area contributed by atoms with Crippen LogP contribution < -0.4 is 9.47 Å². The number of para-hydroxylation sites is 2. The molecule has 5 aromatic carbocycles. The topological polar surface area (TPSA) is 66.0 Å². The summed E-state index contributed by atoms with van der Waals surface area (Å²) in [5.41, 5.74) is 4.38. The van der Waals surface area contributed by atoms with Gasteiger partial charge in [-0.1, -0.05) is 84.9 Å². The lowest BCUT2D eigenvalue weighted by molar-refractivity contribution is 0.482. The second-order valence-electron chi connectivity index (χ2n) is 8.89. The number of rotatable bonds is 8. The predicted octanol–water partition coefficient (Wildman–Crippen LogP) is 9.40. The highest BCUT2D eigenvalue weighted by molar-refractivity contribution is 5.92. The molecule has 40 heavy (non-hydrogen) atoms. The standard InChI is InChI=1S/C36H24N2O2/c37-25-31(23-27-11-19-35(20-12-27)39-33-7-3-1-4-8-33)29-15-17-30(18-16-29)32(26-38)24-28-13-21-36(22-14-28)40-34-9-5-2-6-10-34/h1-24H. The molecule has 0 aliphatic heterocycles. The highest BCUT2D eigenvalue weighted by atomic mass is 16.5. The van der Waals surface area contributed by atoms with E-state index in [1.165, 1.54) is 0 Å². The summed E-state index contributed by atoms with van der Waals surface area (Å²) in [5, 5.41) is 19.6. The van der Waals surface area contributed by atoms with Gasteiger partial charge in [0.15, 0.2) is 0 Å². The third kappa shape index (κ3) is 6.72. The fourth-order valence-electron chi connectivity index (χ4n) is 4.04. The Morgan fingerprint density at radius 3 is 1.07 bits per heavy atom. The molecule has 0 bridgehead atoms. The number of benzene rings is 5. The zero-order valence-electron chi connectivity index (χ0n) is 21.6. The Balaban J connectivity index is 1.28. The van der Waals surface area contributed by atoms with E-state index in [1.54, 1.807) is 0 Å². The predicted molar refractivity (Wildman–Crippen MR) is 159 cm³/mol. The molecular formula is C36H24N2O2. The maximum Gasteiger partial charge on any atom is 0.127 e. The van der Waals surface area contributed by atoms with Crippen molar-refractivity contribution in [2.24, 2.45) is 0 Å². The van der Waals surface area contributed by atoms with Gasteiger partial charge < -0.3 is 9.47 Å². The number of nitriles is 2. The minimum atomic E-state index is 0.528. The van der Waals surface area contributed by atoms with Crippen LogP contribution >= 0.6 is 0 Å². The summed E-state index contributed by atoms with van der Waals surface area (Å²) >= 11 is 0. The van der Waals surface area contributed by atoms with Crippen molar-refractivity contribution in [1.82, 2.24) is 0 Å². The molecule has 0 heterocycles. The SMILES string of the molecule is N#CC(=Cc1ccc(Oc2ccccc2)cc1)c1ccc(C(C#N)=Cc2ccc(Oc3ccccc3)cc2)cc1. The highest BCUT2D eigenvalue weighted by Gasteiger charge is 2.06. The molecule has 190 valence electrons. The lowest BCUT2D eigenvalue weighted by Gasteiger charge is -2.07. The zero-order valence-corrected chi connectivity index (χ0v) is 21.6.